The van der Waals surface area contributed by atoms with Gasteiger partial charge in [-0.05, 0) is 30.2 Å². The molecule has 0 spiro atoms. The fraction of sp³-hybridized carbons (Fsp3) is 0.318. The molecule has 2 aromatic heterocycles. The molecule has 9 heteroatoms. The van der Waals surface area contributed by atoms with E-state index in [2.05, 4.69) is 10.3 Å². The van der Waals surface area contributed by atoms with Crippen LogP contribution >= 0.6 is 11.3 Å². The molecule has 1 fully saturated rings. The molecule has 8 nitrogen and oxygen atoms in total. The Balaban J connectivity index is 1.54. The Morgan fingerprint density at radius 3 is 2.74 bits per heavy atom. The molecule has 0 radical (unpaired) electrons. The lowest BCUT2D eigenvalue weighted by Crippen LogP contribution is -2.29. The standard InChI is InChI=1S/C22H23N3O5S/c1-23-21(27)19(26)13-3-5-14(6-4-13)30-17-7-9-24-16-11-18(31-20(16)17)22(28)25-10-8-15(12-25)29-2/h3-7,9,11,15,19,26H,8,10,12H2,1-2H3,(H,23,27). The first-order valence-electron chi connectivity index (χ1n) is 9.88. The quantitative estimate of drug-likeness (QED) is 0.610. The van der Waals surface area contributed by atoms with Crippen molar-refractivity contribution in [3.63, 3.8) is 0 Å². The monoisotopic (exact) mass is 441 g/mol. The maximum Gasteiger partial charge on any atom is 0.264 e. The van der Waals surface area contributed by atoms with Crippen molar-refractivity contribution in [3.05, 3.63) is 53.0 Å². The molecule has 0 saturated carbocycles. The molecular formula is C22H23N3O5S. The Morgan fingerprint density at radius 1 is 1.29 bits per heavy atom. The molecule has 1 aliphatic heterocycles. The Kier molecular flexibility index (Phi) is 6.17. The molecule has 0 bridgehead atoms. The van der Waals surface area contributed by atoms with Gasteiger partial charge in [-0.2, -0.15) is 0 Å². The van der Waals surface area contributed by atoms with Gasteiger partial charge in [0.05, 0.1) is 21.2 Å². The summed E-state index contributed by atoms with van der Waals surface area (Å²) in [6, 6.07) is 10.2. The number of aliphatic hydroxyl groups is 1. The number of aromatic nitrogens is 1. The number of amides is 2. The average Bonchev–Trinajstić information content (AvgIpc) is 3.46. The van der Waals surface area contributed by atoms with Crippen molar-refractivity contribution in [2.24, 2.45) is 0 Å². The second-order valence-electron chi connectivity index (χ2n) is 7.22. The summed E-state index contributed by atoms with van der Waals surface area (Å²) < 4.78 is 12.1. The zero-order valence-electron chi connectivity index (χ0n) is 17.2. The first kappa shape index (κ1) is 21.2. The number of thiophene rings is 1. The highest BCUT2D eigenvalue weighted by atomic mass is 32.1. The van der Waals surface area contributed by atoms with Gasteiger partial charge in [-0.1, -0.05) is 12.1 Å². The fourth-order valence-corrected chi connectivity index (χ4v) is 4.53. The molecule has 1 aromatic carbocycles. The summed E-state index contributed by atoms with van der Waals surface area (Å²) in [7, 11) is 3.13. The topological polar surface area (TPSA) is 101 Å². The highest BCUT2D eigenvalue weighted by molar-refractivity contribution is 7.21. The molecule has 1 saturated heterocycles. The molecule has 162 valence electrons. The number of likely N-dealkylation sites (tertiary alicyclic amines) is 1. The van der Waals surface area contributed by atoms with E-state index in [4.69, 9.17) is 9.47 Å². The van der Waals surface area contributed by atoms with Crippen LogP contribution in [-0.2, 0) is 9.53 Å². The third kappa shape index (κ3) is 4.39. The molecule has 2 atom stereocenters. The van der Waals surface area contributed by atoms with Crippen molar-refractivity contribution in [1.82, 2.24) is 15.2 Å². The number of nitrogens with zero attached hydrogens (tertiary/aromatic N) is 2. The smallest absolute Gasteiger partial charge is 0.264 e. The Hall–Kier alpha value is -3.01. The van der Waals surface area contributed by atoms with Gasteiger partial charge in [-0.15, -0.1) is 11.3 Å². The van der Waals surface area contributed by atoms with Gasteiger partial charge < -0.3 is 24.8 Å². The fourth-order valence-electron chi connectivity index (χ4n) is 3.49. The Bertz CT molecular complexity index is 1100. The second kappa shape index (κ2) is 9.01. The molecule has 1 aliphatic rings. The number of carbonyl (C=O) groups is 2. The van der Waals surface area contributed by atoms with E-state index in [0.717, 1.165) is 11.1 Å². The first-order chi connectivity index (χ1) is 15.0. The predicted octanol–water partition coefficient (Wildman–Crippen LogP) is 2.73. The van der Waals surface area contributed by atoms with Crippen molar-refractivity contribution in [2.75, 3.05) is 27.2 Å². The van der Waals surface area contributed by atoms with Gasteiger partial charge in [0.15, 0.2) is 6.10 Å². The van der Waals surface area contributed by atoms with Crippen LogP contribution in [0.1, 0.15) is 27.8 Å². The van der Waals surface area contributed by atoms with Crippen LogP contribution in [0.5, 0.6) is 11.5 Å². The number of fused-ring (bicyclic) bond motifs is 1. The van der Waals surface area contributed by atoms with Gasteiger partial charge in [0.1, 0.15) is 11.5 Å². The van der Waals surface area contributed by atoms with Gasteiger partial charge in [-0.25, -0.2) is 0 Å². The number of aliphatic hydroxyl groups excluding tert-OH is 1. The van der Waals surface area contributed by atoms with Gasteiger partial charge >= 0.3 is 0 Å². The maximum atomic E-state index is 12.9. The third-order valence-electron chi connectivity index (χ3n) is 5.27. The number of carbonyl (C=O) groups excluding carboxylic acids is 2. The molecule has 4 rings (SSSR count). The highest BCUT2D eigenvalue weighted by Crippen LogP contribution is 2.36. The molecule has 31 heavy (non-hydrogen) atoms. The molecule has 2 N–H and O–H groups in total. The molecule has 3 heterocycles. The SMILES string of the molecule is CNC(=O)C(O)c1ccc(Oc2ccnc3cc(C(=O)N4CCC(OC)C4)sc23)cc1. The lowest BCUT2D eigenvalue weighted by atomic mass is 10.1. The summed E-state index contributed by atoms with van der Waals surface area (Å²) in [5.41, 5.74) is 1.16. The largest absolute Gasteiger partial charge is 0.456 e. The molecular weight excluding hydrogens is 418 g/mol. The van der Waals surface area contributed by atoms with Crippen LogP contribution in [0.25, 0.3) is 10.2 Å². The van der Waals surface area contributed by atoms with Crippen molar-refractivity contribution in [3.8, 4) is 11.5 Å². The second-order valence-corrected chi connectivity index (χ2v) is 8.27. The normalized spacial score (nSPS) is 17.0. The van der Waals surface area contributed by atoms with E-state index < -0.39 is 12.0 Å². The van der Waals surface area contributed by atoms with Gasteiger partial charge in [0, 0.05) is 39.5 Å². The predicted molar refractivity (Wildman–Crippen MR) is 116 cm³/mol. The highest BCUT2D eigenvalue weighted by Gasteiger charge is 2.28. The Labute approximate surface area is 183 Å². The van der Waals surface area contributed by atoms with E-state index >= 15 is 0 Å². The van der Waals surface area contributed by atoms with E-state index in [1.165, 1.54) is 18.4 Å². The minimum Gasteiger partial charge on any atom is -0.456 e. The lowest BCUT2D eigenvalue weighted by molar-refractivity contribution is -0.129. The summed E-state index contributed by atoms with van der Waals surface area (Å²) >= 11 is 1.35. The van der Waals surface area contributed by atoms with Crippen molar-refractivity contribution in [2.45, 2.75) is 18.6 Å². The van der Waals surface area contributed by atoms with E-state index in [1.807, 2.05) is 0 Å². The number of ether oxygens (including phenoxy) is 2. The number of methoxy groups -OCH3 is 1. The van der Waals surface area contributed by atoms with Crippen molar-refractivity contribution in [1.29, 1.82) is 0 Å². The number of benzene rings is 1. The van der Waals surface area contributed by atoms with Gasteiger partial charge in [0.25, 0.3) is 11.8 Å². The molecule has 3 aromatic rings. The molecule has 0 aliphatic carbocycles. The zero-order valence-corrected chi connectivity index (χ0v) is 18.0. The number of likely N-dealkylation sites (N-methyl/N-ethyl adjacent to an activating group) is 1. The lowest BCUT2D eigenvalue weighted by Gasteiger charge is -2.14. The number of hydrogen-bond acceptors (Lipinski definition) is 7. The summed E-state index contributed by atoms with van der Waals surface area (Å²) in [5.74, 6) is 0.630. The summed E-state index contributed by atoms with van der Waals surface area (Å²) in [6.07, 6.45) is 1.32. The van der Waals surface area contributed by atoms with E-state index in [1.54, 1.807) is 54.6 Å². The zero-order chi connectivity index (χ0) is 22.0. The summed E-state index contributed by atoms with van der Waals surface area (Å²) in [6.45, 7) is 1.27. The third-order valence-corrected chi connectivity index (χ3v) is 6.40. The van der Waals surface area contributed by atoms with Crippen molar-refractivity contribution < 1.29 is 24.2 Å². The average molecular weight is 442 g/mol. The minimum atomic E-state index is -1.24. The van der Waals surface area contributed by atoms with Crippen LogP contribution in [0, 0.1) is 0 Å². The van der Waals surface area contributed by atoms with Crippen LogP contribution < -0.4 is 10.1 Å². The number of rotatable bonds is 6. The number of nitrogens with one attached hydrogen (secondary N) is 1. The maximum absolute atomic E-state index is 12.9. The van der Waals surface area contributed by atoms with Crippen LogP contribution in [0.4, 0.5) is 0 Å². The number of hydrogen-bond donors (Lipinski definition) is 2. The van der Waals surface area contributed by atoms with E-state index in [9.17, 15) is 14.7 Å². The van der Waals surface area contributed by atoms with Crippen LogP contribution in [0.15, 0.2) is 42.6 Å². The number of pyridine rings is 1. The van der Waals surface area contributed by atoms with Crippen LogP contribution in [0.3, 0.4) is 0 Å². The van der Waals surface area contributed by atoms with Crippen LogP contribution in [0.2, 0.25) is 0 Å². The van der Waals surface area contributed by atoms with Crippen LogP contribution in [-0.4, -0.2) is 60.2 Å². The van der Waals surface area contributed by atoms with E-state index in [0.29, 0.717) is 40.5 Å². The molecule has 2 amide bonds. The summed E-state index contributed by atoms with van der Waals surface area (Å²) in [4.78, 5) is 31.3. The van der Waals surface area contributed by atoms with Gasteiger partial charge in [-0.3, -0.25) is 14.6 Å². The summed E-state index contributed by atoms with van der Waals surface area (Å²) in [5, 5.41) is 12.4. The Morgan fingerprint density at radius 2 is 2.06 bits per heavy atom. The van der Waals surface area contributed by atoms with E-state index in [-0.39, 0.29) is 12.0 Å². The first-order valence-corrected chi connectivity index (χ1v) is 10.7. The van der Waals surface area contributed by atoms with Gasteiger partial charge in [0.2, 0.25) is 0 Å². The van der Waals surface area contributed by atoms with Crippen molar-refractivity contribution >= 4 is 33.4 Å². The minimum absolute atomic E-state index is 0.0268. The molecule has 2 unspecified atom stereocenters.